The van der Waals surface area contributed by atoms with Crippen molar-refractivity contribution in [3.63, 3.8) is 0 Å². The van der Waals surface area contributed by atoms with Crippen LogP contribution in [0.15, 0.2) is 12.8 Å². The van der Waals surface area contributed by atoms with Crippen molar-refractivity contribution in [1.29, 1.82) is 0 Å². The summed E-state index contributed by atoms with van der Waals surface area (Å²) in [6.07, 6.45) is 1.54. The molecule has 0 fully saturated rings. The van der Waals surface area contributed by atoms with Gasteiger partial charge in [-0.3, -0.25) is 4.79 Å². The molecule has 0 spiro atoms. The average Bonchev–Trinajstić information content (AvgIpc) is 1.86. The topological polar surface area (TPSA) is 41.1 Å². The van der Waals surface area contributed by atoms with Crippen molar-refractivity contribution >= 4 is 5.91 Å². The molecule has 0 unspecified atom stereocenters. The molecule has 2 N–H and O–H groups in total. The van der Waals surface area contributed by atoms with Gasteiger partial charge < -0.3 is 10.6 Å². The zero-order valence-electron chi connectivity index (χ0n) is 7.40. The SMILES string of the molecule is C=CNCNC(=O)C(C)(C)C. The fourth-order valence-corrected chi connectivity index (χ4v) is 0.469. The fourth-order valence-electron chi connectivity index (χ4n) is 0.469. The van der Waals surface area contributed by atoms with Crippen molar-refractivity contribution in [1.82, 2.24) is 10.6 Å². The number of carbonyl (C=O) groups is 1. The molecule has 0 bridgehead atoms. The van der Waals surface area contributed by atoms with Gasteiger partial charge in [-0.2, -0.15) is 0 Å². The molecule has 64 valence electrons. The van der Waals surface area contributed by atoms with Crippen LogP contribution in [0.1, 0.15) is 20.8 Å². The Hall–Kier alpha value is -0.990. The third-order valence-corrected chi connectivity index (χ3v) is 1.18. The van der Waals surface area contributed by atoms with Gasteiger partial charge in [-0.15, -0.1) is 0 Å². The molecule has 0 aliphatic carbocycles. The van der Waals surface area contributed by atoms with Gasteiger partial charge in [-0.25, -0.2) is 0 Å². The van der Waals surface area contributed by atoms with Crippen LogP contribution in [0.5, 0.6) is 0 Å². The van der Waals surface area contributed by atoms with Gasteiger partial charge in [0.15, 0.2) is 0 Å². The van der Waals surface area contributed by atoms with E-state index in [4.69, 9.17) is 0 Å². The van der Waals surface area contributed by atoms with Gasteiger partial charge in [-0.1, -0.05) is 27.4 Å². The normalized spacial score (nSPS) is 10.5. The first-order valence-electron chi connectivity index (χ1n) is 3.61. The summed E-state index contributed by atoms with van der Waals surface area (Å²) in [5.41, 5.74) is -0.317. The molecule has 0 aromatic carbocycles. The second-order valence-electron chi connectivity index (χ2n) is 3.34. The molecular formula is C8H16N2O. The lowest BCUT2D eigenvalue weighted by Crippen LogP contribution is -2.38. The number of hydrogen-bond donors (Lipinski definition) is 2. The van der Waals surface area contributed by atoms with Crippen LogP contribution >= 0.6 is 0 Å². The number of carbonyl (C=O) groups excluding carboxylic acids is 1. The molecule has 11 heavy (non-hydrogen) atoms. The maximum atomic E-state index is 11.2. The van der Waals surface area contributed by atoms with E-state index in [1.165, 1.54) is 0 Å². The van der Waals surface area contributed by atoms with Crippen molar-refractivity contribution in [3.05, 3.63) is 12.8 Å². The number of rotatable bonds is 3. The lowest BCUT2D eigenvalue weighted by molar-refractivity contribution is -0.128. The van der Waals surface area contributed by atoms with Crippen LogP contribution in [0.3, 0.4) is 0 Å². The predicted octanol–water partition coefficient (Wildman–Crippen LogP) is 0.839. The summed E-state index contributed by atoms with van der Waals surface area (Å²) >= 11 is 0. The van der Waals surface area contributed by atoms with Gasteiger partial charge in [0.1, 0.15) is 0 Å². The molecular weight excluding hydrogens is 140 g/mol. The Labute approximate surface area is 67.9 Å². The van der Waals surface area contributed by atoms with E-state index in [1.807, 2.05) is 20.8 Å². The van der Waals surface area contributed by atoms with Crippen LogP contribution in [0.4, 0.5) is 0 Å². The average molecular weight is 156 g/mol. The number of nitrogens with one attached hydrogen (secondary N) is 2. The first-order valence-corrected chi connectivity index (χ1v) is 3.61. The Morgan fingerprint density at radius 1 is 1.55 bits per heavy atom. The Balaban J connectivity index is 3.62. The Kier molecular flexibility index (Phi) is 3.65. The van der Waals surface area contributed by atoms with E-state index in [0.29, 0.717) is 6.67 Å². The Morgan fingerprint density at radius 3 is 2.45 bits per heavy atom. The number of hydrogen-bond acceptors (Lipinski definition) is 2. The lowest BCUT2D eigenvalue weighted by Gasteiger charge is -2.17. The third-order valence-electron chi connectivity index (χ3n) is 1.18. The first kappa shape index (κ1) is 10.0. The van der Waals surface area contributed by atoms with Crippen molar-refractivity contribution in [2.75, 3.05) is 6.67 Å². The second-order valence-corrected chi connectivity index (χ2v) is 3.34. The smallest absolute Gasteiger partial charge is 0.226 e. The van der Waals surface area contributed by atoms with Gasteiger partial charge in [0.2, 0.25) is 5.91 Å². The van der Waals surface area contributed by atoms with Crippen molar-refractivity contribution in [2.45, 2.75) is 20.8 Å². The Morgan fingerprint density at radius 2 is 2.09 bits per heavy atom. The van der Waals surface area contributed by atoms with Gasteiger partial charge in [-0.05, 0) is 6.20 Å². The lowest BCUT2D eigenvalue weighted by atomic mass is 9.96. The molecule has 0 aromatic heterocycles. The van der Waals surface area contributed by atoms with E-state index in [0.717, 1.165) is 0 Å². The highest BCUT2D eigenvalue weighted by Crippen LogP contribution is 2.11. The van der Waals surface area contributed by atoms with Crippen molar-refractivity contribution in [3.8, 4) is 0 Å². The molecule has 0 aromatic rings. The molecule has 0 aliphatic rings. The summed E-state index contributed by atoms with van der Waals surface area (Å²) in [5, 5.41) is 5.49. The highest BCUT2D eigenvalue weighted by atomic mass is 16.2. The van der Waals surface area contributed by atoms with Crippen LogP contribution in [-0.2, 0) is 4.79 Å². The van der Waals surface area contributed by atoms with E-state index in [9.17, 15) is 4.79 Å². The standard InChI is InChI=1S/C8H16N2O/c1-5-9-6-10-7(11)8(2,3)4/h5,9H,1,6H2,2-4H3,(H,10,11). The zero-order chi connectivity index (χ0) is 8.91. The molecule has 1 amide bonds. The summed E-state index contributed by atoms with van der Waals surface area (Å²) in [5.74, 6) is 0.0341. The van der Waals surface area contributed by atoms with Gasteiger partial charge >= 0.3 is 0 Å². The highest BCUT2D eigenvalue weighted by Gasteiger charge is 2.19. The number of amides is 1. The summed E-state index contributed by atoms with van der Waals surface area (Å²) in [4.78, 5) is 11.2. The Bertz CT molecular complexity index is 147. The summed E-state index contributed by atoms with van der Waals surface area (Å²) in [7, 11) is 0. The van der Waals surface area contributed by atoms with Crippen LogP contribution in [-0.4, -0.2) is 12.6 Å². The van der Waals surface area contributed by atoms with Gasteiger partial charge in [0.25, 0.3) is 0 Å². The second kappa shape index (κ2) is 4.01. The molecule has 3 nitrogen and oxygen atoms in total. The minimum absolute atomic E-state index is 0.0341. The zero-order valence-corrected chi connectivity index (χ0v) is 7.40. The fraction of sp³-hybridized carbons (Fsp3) is 0.625. The summed E-state index contributed by atoms with van der Waals surface area (Å²) in [6.45, 7) is 9.52. The quantitative estimate of drug-likeness (QED) is 0.469. The molecule has 0 atom stereocenters. The van der Waals surface area contributed by atoms with Crippen LogP contribution < -0.4 is 10.6 Å². The molecule has 0 heterocycles. The summed E-state index contributed by atoms with van der Waals surface area (Å²) in [6, 6.07) is 0. The first-order chi connectivity index (χ1) is 4.98. The predicted molar refractivity (Wildman–Crippen MR) is 45.8 cm³/mol. The van der Waals surface area contributed by atoms with Crippen LogP contribution in [0, 0.1) is 5.41 Å². The molecule has 0 aliphatic heterocycles. The third kappa shape index (κ3) is 4.42. The summed E-state index contributed by atoms with van der Waals surface area (Å²) < 4.78 is 0. The van der Waals surface area contributed by atoms with E-state index < -0.39 is 0 Å². The van der Waals surface area contributed by atoms with Crippen molar-refractivity contribution in [2.24, 2.45) is 5.41 Å². The van der Waals surface area contributed by atoms with Gasteiger partial charge in [0.05, 0.1) is 6.67 Å². The maximum absolute atomic E-state index is 11.2. The van der Waals surface area contributed by atoms with E-state index in [2.05, 4.69) is 17.2 Å². The molecule has 0 saturated carbocycles. The minimum atomic E-state index is -0.317. The van der Waals surface area contributed by atoms with E-state index in [-0.39, 0.29) is 11.3 Å². The monoisotopic (exact) mass is 156 g/mol. The minimum Gasteiger partial charge on any atom is -0.374 e. The van der Waals surface area contributed by atoms with E-state index in [1.54, 1.807) is 6.20 Å². The highest BCUT2D eigenvalue weighted by molar-refractivity contribution is 5.81. The van der Waals surface area contributed by atoms with Crippen LogP contribution in [0.2, 0.25) is 0 Å². The molecule has 0 radical (unpaired) electrons. The van der Waals surface area contributed by atoms with Crippen molar-refractivity contribution < 1.29 is 4.79 Å². The molecule has 0 rings (SSSR count). The van der Waals surface area contributed by atoms with Gasteiger partial charge in [0, 0.05) is 5.41 Å². The maximum Gasteiger partial charge on any atom is 0.226 e. The largest absolute Gasteiger partial charge is 0.374 e. The molecule has 0 saturated heterocycles. The molecule has 3 heteroatoms. The van der Waals surface area contributed by atoms with Crippen LogP contribution in [0.25, 0.3) is 0 Å². The van der Waals surface area contributed by atoms with E-state index >= 15 is 0 Å².